The number of nitrogens with zero attached hydrogens (tertiary/aromatic N) is 2. The Bertz CT molecular complexity index is 459. The predicted octanol–water partition coefficient (Wildman–Crippen LogP) is -0.0571. The van der Waals surface area contributed by atoms with Crippen molar-refractivity contribution in [2.75, 3.05) is 58.4 Å². The third-order valence-corrected chi connectivity index (χ3v) is 5.00. The Kier molecular flexibility index (Phi) is 8.86. The second-order valence-electron chi connectivity index (χ2n) is 6.32. The van der Waals surface area contributed by atoms with Gasteiger partial charge in [0.15, 0.2) is 5.96 Å². The zero-order valence-electron chi connectivity index (χ0n) is 14.8. The molecule has 0 amide bonds. The molecule has 0 bridgehead atoms. The summed E-state index contributed by atoms with van der Waals surface area (Å²) in [7, 11) is -1.17. The van der Waals surface area contributed by atoms with Gasteiger partial charge in [-0.2, -0.15) is 0 Å². The average molecular weight is 349 g/mol. The molecule has 1 aliphatic rings. The van der Waals surface area contributed by atoms with E-state index in [1.165, 1.54) is 6.26 Å². The number of hydrogen-bond acceptors (Lipinski definition) is 5. The molecule has 1 aliphatic heterocycles. The third kappa shape index (κ3) is 8.53. The first-order valence-electron chi connectivity index (χ1n) is 8.27. The summed E-state index contributed by atoms with van der Waals surface area (Å²) in [6, 6.07) is 0.425. The van der Waals surface area contributed by atoms with E-state index in [2.05, 4.69) is 34.4 Å². The largest absolute Gasteiger partial charge is 0.379 e. The molecule has 0 aromatic rings. The molecule has 0 aromatic heterocycles. The zero-order chi connectivity index (χ0) is 17.3. The maximum atomic E-state index is 11.1. The Hall–Kier alpha value is -0.860. The van der Waals surface area contributed by atoms with E-state index in [0.29, 0.717) is 24.9 Å². The monoisotopic (exact) mass is 348 g/mol. The van der Waals surface area contributed by atoms with Crippen LogP contribution in [-0.2, 0) is 14.6 Å². The highest BCUT2D eigenvalue weighted by atomic mass is 32.2. The molecule has 136 valence electrons. The van der Waals surface area contributed by atoms with Crippen LogP contribution in [0.1, 0.15) is 20.3 Å². The molecule has 1 heterocycles. The van der Waals surface area contributed by atoms with Crippen LogP contribution >= 0.6 is 0 Å². The second-order valence-corrected chi connectivity index (χ2v) is 8.58. The van der Waals surface area contributed by atoms with Crippen molar-refractivity contribution in [3.05, 3.63) is 0 Å². The van der Waals surface area contributed by atoms with Crippen molar-refractivity contribution in [2.45, 2.75) is 26.3 Å². The van der Waals surface area contributed by atoms with Crippen molar-refractivity contribution in [3.8, 4) is 0 Å². The SMILES string of the molecule is CN=C(NCCCS(C)(=O)=O)NCC(C(C)C)N1CCOCC1. The van der Waals surface area contributed by atoms with Crippen LogP contribution in [-0.4, -0.2) is 83.8 Å². The number of ether oxygens (including phenoxy) is 1. The summed E-state index contributed by atoms with van der Waals surface area (Å²) in [4.78, 5) is 6.66. The fourth-order valence-corrected chi connectivity index (χ4v) is 3.33. The van der Waals surface area contributed by atoms with E-state index in [-0.39, 0.29) is 5.75 Å². The maximum Gasteiger partial charge on any atom is 0.191 e. The molecule has 1 atom stereocenters. The average Bonchev–Trinajstić information content (AvgIpc) is 2.49. The van der Waals surface area contributed by atoms with Gasteiger partial charge in [-0.05, 0) is 12.3 Å². The molecule has 0 aromatic carbocycles. The topological polar surface area (TPSA) is 83.0 Å². The van der Waals surface area contributed by atoms with Crippen LogP contribution in [0.25, 0.3) is 0 Å². The van der Waals surface area contributed by atoms with E-state index in [0.717, 1.165) is 38.8 Å². The lowest BCUT2D eigenvalue weighted by Crippen LogP contribution is -2.52. The Balaban J connectivity index is 2.38. The van der Waals surface area contributed by atoms with Crippen LogP contribution in [0.4, 0.5) is 0 Å². The molecule has 1 saturated heterocycles. The first kappa shape index (κ1) is 20.2. The molecule has 1 unspecified atom stereocenters. The highest BCUT2D eigenvalue weighted by molar-refractivity contribution is 7.90. The molecule has 1 rings (SSSR count). The Labute approximate surface area is 140 Å². The van der Waals surface area contributed by atoms with Crippen LogP contribution < -0.4 is 10.6 Å². The number of rotatable bonds is 8. The van der Waals surface area contributed by atoms with Gasteiger partial charge in [-0.3, -0.25) is 9.89 Å². The Morgan fingerprint density at radius 2 is 1.91 bits per heavy atom. The van der Waals surface area contributed by atoms with Gasteiger partial charge in [-0.25, -0.2) is 8.42 Å². The first-order chi connectivity index (χ1) is 10.8. The molecular formula is C15H32N4O3S. The van der Waals surface area contributed by atoms with Crippen molar-refractivity contribution >= 4 is 15.8 Å². The standard InChI is InChI=1S/C15H32N4O3S/c1-13(2)14(19-7-9-22-10-8-19)12-18-15(16-3)17-6-5-11-23(4,20)21/h13-14H,5-12H2,1-4H3,(H2,16,17,18). The van der Waals surface area contributed by atoms with E-state index >= 15 is 0 Å². The van der Waals surface area contributed by atoms with Gasteiger partial charge in [-0.1, -0.05) is 13.8 Å². The van der Waals surface area contributed by atoms with Crippen LogP contribution in [0.5, 0.6) is 0 Å². The molecular weight excluding hydrogens is 316 g/mol. The molecule has 1 fully saturated rings. The number of morpholine rings is 1. The third-order valence-electron chi connectivity index (χ3n) is 3.97. The predicted molar refractivity (Wildman–Crippen MR) is 94.7 cm³/mol. The highest BCUT2D eigenvalue weighted by Crippen LogP contribution is 2.12. The van der Waals surface area contributed by atoms with Crippen molar-refractivity contribution in [2.24, 2.45) is 10.9 Å². The molecule has 7 nitrogen and oxygen atoms in total. The molecule has 23 heavy (non-hydrogen) atoms. The van der Waals surface area contributed by atoms with Gasteiger partial charge in [0.1, 0.15) is 9.84 Å². The van der Waals surface area contributed by atoms with Gasteiger partial charge in [0.25, 0.3) is 0 Å². The van der Waals surface area contributed by atoms with E-state index in [1.54, 1.807) is 7.05 Å². The van der Waals surface area contributed by atoms with Gasteiger partial charge in [0.05, 0.1) is 19.0 Å². The number of aliphatic imine (C=N–C) groups is 1. The maximum absolute atomic E-state index is 11.1. The lowest BCUT2D eigenvalue weighted by molar-refractivity contribution is 0.00752. The minimum absolute atomic E-state index is 0.194. The van der Waals surface area contributed by atoms with Gasteiger partial charge in [-0.15, -0.1) is 0 Å². The minimum atomic E-state index is -2.90. The lowest BCUT2D eigenvalue weighted by Gasteiger charge is -2.37. The van der Waals surface area contributed by atoms with E-state index < -0.39 is 9.84 Å². The zero-order valence-corrected chi connectivity index (χ0v) is 15.7. The minimum Gasteiger partial charge on any atom is -0.379 e. The summed E-state index contributed by atoms with van der Waals surface area (Å²) in [5.41, 5.74) is 0. The van der Waals surface area contributed by atoms with Crippen molar-refractivity contribution in [1.82, 2.24) is 15.5 Å². The van der Waals surface area contributed by atoms with Gasteiger partial charge >= 0.3 is 0 Å². The Morgan fingerprint density at radius 1 is 1.26 bits per heavy atom. The van der Waals surface area contributed by atoms with Crippen LogP contribution in [0, 0.1) is 5.92 Å². The molecule has 0 aliphatic carbocycles. The number of guanidine groups is 1. The summed E-state index contributed by atoms with van der Waals surface area (Å²) < 4.78 is 27.7. The summed E-state index contributed by atoms with van der Waals surface area (Å²) in [6.45, 7) is 9.37. The Morgan fingerprint density at radius 3 is 2.43 bits per heavy atom. The quantitative estimate of drug-likeness (QED) is 0.363. The van der Waals surface area contributed by atoms with Gasteiger partial charge in [0.2, 0.25) is 0 Å². The second kappa shape index (κ2) is 10.1. The summed E-state index contributed by atoms with van der Waals surface area (Å²) in [6.07, 6.45) is 1.84. The van der Waals surface area contributed by atoms with E-state index in [4.69, 9.17) is 4.74 Å². The molecule has 0 saturated carbocycles. The smallest absolute Gasteiger partial charge is 0.191 e. The molecule has 2 N–H and O–H groups in total. The number of nitrogens with one attached hydrogen (secondary N) is 2. The van der Waals surface area contributed by atoms with Gasteiger partial charge in [0, 0.05) is 45.5 Å². The first-order valence-corrected chi connectivity index (χ1v) is 10.3. The fourth-order valence-electron chi connectivity index (χ4n) is 2.66. The fraction of sp³-hybridized carbons (Fsp3) is 0.933. The molecule has 0 spiro atoms. The van der Waals surface area contributed by atoms with Gasteiger partial charge < -0.3 is 15.4 Å². The van der Waals surface area contributed by atoms with Crippen molar-refractivity contribution < 1.29 is 13.2 Å². The van der Waals surface area contributed by atoms with E-state index in [1.807, 2.05) is 0 Å². The summed E-state index contributed by atoms with van der Waals surface area (Å²) in [5, 5.41) is 6.52. The van der Waals surface area contributed by atoms with Crippen LogP contribution in [0.3, 0.4) is 0 Å². The number of sulfone groups is 1. The van der Waals surface area contributed by atoms with Crippen LogP contribution in [0.15, 0.2) is 4.99 Å². The van der Waals surface area contributed by atoms with Crippen molar-refractivity contribution in [3.63, 3.8) is 0 Å². The molecule has 8 heteroatoms. The number of hydrogen-bond donors (Lipinski definition) is 2. The lowest BCUT2D eigenvalue weighted by atomic mass is 10.0. The van der Waals surface area contributed by atoms with E-state index in [9.17, 15) is 8.42 Å². The van der Waals surface area contributed by atoms with Crippen LogP contribution in [0.2, 0.25) is 0 Å². The summed E-state index contributed by atoms with van der Waals surface area (Å²) >= 11 is 0. The van der Waals surface area contributed by atoms with Crippen molar-refractivity contribution in [1.29, 1.82) is 0 Å². The normalized spacial score (nSPS) is 18.9. The molecule has 0 radical (unpaired) electrons. The highest BCUT2D eigenvalue weighted by Gasteiger charge is 2.23. The summed E-state index contributed by atoms with van der Waals surface area (Å²) in [5.74, 6) is 1.45.